The van der Waals surface area contributed by atoms with Gasteiger partial charge in [-0.05, 0) is 39.6 Å². The summed E-state index contributed by atoms with van der Waals surface area (Å²) in [5, 5.41) is 16.7. The fourth-order valence-electron chi connectivity index (χ4n) is 1.31. The van der Waals surface area contributed by atoms with Crippen LogP contribution in [0.4, 0.5) is 5.69 Å². The second-order valence-corrected chi connectivity index (χ2v) is 5.74. The predicted molar refractivity (Wildman–Crippen MR) is 76.7 cm³/mol. The van der Waals surface area contributed by atoms with Crippen molar-refractivity contribution < 1.29 is 14.7 Å². The largest absolute Gasteiger partial charge is 0.478 e. The fourth-order valence-corrected chi connectivity index (χ4v) is 3.07. The molecule has 1 heterocycles. The van der Waals surface area contributed by atoms with Gasteiger partial charge in [0.25, 0.3) is 5.91 Å². The Hall–Kier alpha value is -1.32. The van der Waals surface area contributed by atoms with E-state index < -0.39 is 11.9 Å². The maximum atomic E-state index is 11.9. The van der Waals surface area contributed by atoms with E-state index in [1.807, 2.05) is 0 Å². The first-order chi connectivity index (χ1) is 8.99. The van der Waals surface area contributed by atoms with Gasteiger partial charge in [0.2, 0.25) is 0 Å². The molecule has 1 aromatic heterocycles. The van der Waals surface area contributed by atoms with Crippen molar-refractivity contribution in [2.75, 3.05) is 5.32 Å². The van der Waals surface area contributed by atoms with Gasteiger partial charge in [-0.25, -0.2) is 4.79 Å². The van der Waals surface area contributed by atoms with Crippen molar-refractivity contribution in [3.05, 3.63) is 37.7 Å². The Labute approximate surface area is 128 Å². The van der Waals surface area contributed by atoms with Crippen molar-refractivity contribution in [2.24, 2.45) is 0 Å². The molecule has 2 N–H and O–H groups in total. The van der Waals surface area contributed by atoms with Crippen LogP contribution in [0.15, 0.2) is 26.5 Å². The SMILES string of the molecule is O=C(Nc1c(Br)cc(Br)cc1C(=O)O)c1csnn1. The summed E-state index contributed by atoms with van der Waals surface area (Å²) in [4.78, 5) is 23.0. The lowest BCUT2D eigenvalue weighted by Gasteiger charge is -2.10. The summed E-state index contributed by atoms with van der Waals surface area (Å²) in [6, 6.07) is 3.04. The smallest absolute Gasteiger partial charge is 0.337 e. The normalized spacial score (nSPS) is 10.2. The first kappa shape index (κ1) is 14.1. The van der Waals surface area contributed by atoms with E-state index in [0.29, 0.717) is 8.95 Å². The molecule has 19 heavy (non-hydrogen) atoms. The van der Waals surface area contributed by atoms with Crippen LogP contribution in [-0.2, 0) is 0 Å². The van der Waals surface area contributed by atoms with E-state index in [1.165, 1.54) is 11.4 Å². The Bertz CT molecular complexity index is 646. The van der Waals surface area contributed by atoms with Gasteiger partial charge in [-0.3, -0.25) is 4.79 Å². The zero-order chi connectivity index (χ0) is 14.0. The Morgan fingerprint density at radius 3 is 2.63 bits per heavy atom. The zero-order valence-electron chi connectivity index (χ0n) is 9.05. The number of aromatic carboxylic acids is 1. The molecular formula is C10H5Br2N3O3S. The third-order valence-electron chi connectivity index (χ3n) is 2.12. The summed E-state index contributed by atoms with van der Waals surface area (Å²) >= 11 is 7.45. The van der Waals surface area contributed by atoms with Crippen LogP contribution in [-0.4, -0.2) is 26.6 Å². The van der Waals surface area contributed by atoms with Gasteiger partial charge in [0.15, 0.2) is 5.69 Å². The number of carboxylic acids is 1. The highest BCUT2D eigenvalue weighted by Gasteiger charge is 2.18. The minimum absolute atomic E-state index is 0.0298. The third-order valence-corrected chi connectivity index (χ3v) is 3.70. The van der Waals surface area contributed by atoms with E-state index >= 15 is 0 Å². The van der Waals surface area contributed by atoms with Gasteiger partial charge in [0, 0.05) is 14.3 Å². The summed E-state index contributed by atoms with van der Waals surface area (Å²) < 4.78 is 4.62. The van der Waals surface area contributed by atoms with Crippen LogP contribution < -0.4 is 5.32 Å². The van der Waals surface area contributed by atoms with Crippen molar-refractivity contribution in [3.63, 3.8) is 0 Å². The Balaban J connectivity index is 2.39. The molecule has 98 valence electrons. The van der Waals surface area contributed by atoms with Crippen LogP contribution in [0.25, 0.3) is 0 Å². The van der Waals surface area contributed by atoms with Gasteiger partial charge in [0.05, 0.1) is 11.3 Å². The number of amides is 1. The minimum atomic E-state index is -1.14. The molecule has 2 aromatic rings. The molecule has 0 atom stereocenters. The Morgan fingerprint density at radius 1 is 1.32 bits per heavy atom. The molecule has 1 amide bonds. The van der Waals surface area contributed by atoms with E-state index in [9.17, 15) is 9.59 Å². The summed E-state index contributed by atoms with van der Waals surface area (Å²) in [6.07, 6.45) is 0. The number of anilines is 1. The topological polar surface area (TPSA) is 92.2 Å². The van der Waals surface area contributed by atoms with E-state index in [0.717, 1.165) is 11.5 Å². The number of carbonyl (C=O) groups excluding carboxylic acids is 1. The average Bonchev–Trinajstić information content (AvgIpc) is 2.85. The van der Waals surface area contributed by atoms with Crippen LogP contribution in [0, 0.1) is 0 Å². The lowest BCUT2D eigenvalue weighted by molar-refractivity contribution is 0.0698. The van der Waals surface area contributed by atoms with Crippen LogP contribution in [0.5, 0.6) is 0 Å². The Kier molecular flexibility index (Phi) is 4.27. The molecule has 0 saturated carbocycles. The molecule has 0 aliphatic carbocycles. The molecule has 0 spiro atoms. The molecule has 0 fully saturated rings. The monoisotopic (exact) mass is 405 g/mol. The molecule has 9 heteroatoms. The minimum Gasteiger partial charge on any atom is -0.478 e. The number of benzene rings is 1. The van der Waals surface area contributed by atoms with E-state index in [-0.39, 0.29) is 16.9 Å². The lowest BCUT2D eigenvalue weighted by Crippen LogP contribution is -2.15. The number of rotatable bonds is 3. The number of aromatic nitrogens is 2. The van der Waals surface area contributed by atoms with Gasteiger partial charge in [-0.15, -0.1) is 5.10 Å². The number of carboxylic acid groups (broad SMARTS) is 1. The molecule has 1 aromatic carbocycles. The average molecular weight is 407 g/mol. The summed E-state index contributed by atoms with van der Waals surface area (Å²) in [5.74, 6) is -1.66. The quantitative estimate of drug-likeness (QED) is 0.817. The van der Waals surface area contributed by atoms with Gasteiger partial charge < -0.3 is 10.4 Å². The van der Waals surface area contributed by atoms with Gasteiger partial charge in [-0.1, -0.05) is 20.4 Å². The van der Waals surface area contributed by atoms with Crippen LogP contribution in [0.3, 0.4) is 0 Å². The predicted octanol–water partition coefficient (Wildman–Crippen LogP) is 3.01. The standard InChI is InChI=1S/C10H5Br2N3O3S/c11-4-1-5(10(17)18)8(6(12)2-4)13-9(16)7-3-19-15-14-7/h1-3H,(H,13,16)(H,17,18). The van der Waals surface area contributed by atoms with Gasteiger partial charge >= 0.3 is 5.97 Å². The molecule has 0 aliphatic heterocycles. The highest BCUT2D eigenvalue weighted by molar-refractivity contribution is 9.11. The number of hydrogen-bond donors (Lipinski definition) is 2. The molecule has 0 unspecified atom stereocenters. The second kappa shape index (κ2) is 5.76. The van der Waals surface area contributed by atoms with E-state index in [1.54, 1.807) is 6.07 Å². The number of nitrogens with zero attached hydrogens (tertiary/aromatic N) is 2. The molecule has 0 radical (unpaired) electrons. The molecule has 0 saturated heterocycles. The van der Waals surface area contributed by atoms with Crippen molar-refractivity contribution in [1.82, 2.24) is 9.59 Å². The van der Waals surface area contributed by atoms with Crippen molar-refractivity contribution >= 4 is 61.0 Å². The maximum absolute atomic E-state index is 11.9. The molecule has 0 bridgehead atoms. The maximum Gasteiger partial charge on any atom is 0.337 e. The number of carbonyl (C=O) groups is 2. The second-order valence-electron chi connectivity index (χ2n) is 3.36. The van der Waals surface area contributed by atoms with Crippen LogP contribution in [0.1, 0.15) is 20.8 Å². The van der Waals surface area contributed by atoms with E-state index in [2.05, 4.69) is 46.8 Å². The Morgan fingerprint density at radius 2 is 2.05 bits per heavy atom. The third kappa shape index (κ3) is 3.17. The van der Waals surface area contributed by atoms with Crippen LogP contribution in [0.2, 0.25) is 0 Å². The van der Waals surface area contributed by atoms with Gasteiger partial charge in [0.1, 0.15) is 0 Å². The number of nitrogens with one attached hydrogen (secondary N) is 1. The molecule has 6 nitrogen and oxygen atoms in total. The van der Waals surface area contributed by atoms with Crippen molar-refractivity contribution in [3.8, 4) is 0 Å². The number of halogens is 2. The van der Waals surface area contributed by atoms with Crippen molar-refractivity contribution in [1.29, 1.82) is 0 Å². The van der Waals surface area contributed by atoms with Crippen molar-refractivity contribution in [2.45, 2.75) is 0 Å². The first-order valence-electron chi connectivity index (χ1n) is 4.80. The zero-order valence-corrected chi connectivity index (χ0v) is 13.0. The molecule has 0 aliphatic rings. The summed E-state index contributed by atoms with van der Waals surface area (Å²) in [5.41, 5.74) is 0.280. The summed E-state index contributed by atoms with van der Waals surface area (Å²) in [7, 11) is 0. The van der Waals surface area contributed by atoms with Gasteiger partial charge in [-0.2, -0.15) is 0 Å². The lowest BCUT2D eigenvalue weighted by atomic mass is 10.2. The highest BCUT2D eigenvalue weighted by atomic mass is 79.9. The highest BCUT2D eigenvalue weighted by Crippen LogP contribution is 2.31. The van der Waals surface area contributed by atoms with Crippen LogP contribution >= 0.6 is 43.4 Å². The summed E-state index contributed by atoms with van der Waals surface area (Å²) in [6.45, 7) is 0. The molecule has 2 rings (SSSR count). The first-order valence-corrected chi connectivity index (χ1v) is 7.22. The van der Waals surface area contributed by atoms with E-state index in [4.69, 9.17) is 5.11 Å². The fraction of sp³-hybridized carbons (Fsp3) is 0. The number of hydrogen-bond acceptors (Lipinski definition) is 5. The molecular weight excluding hydrogens is 402 g/mol.